The molecule has 7 heteroatoms. The van der Waals surface area contributed by atoms with Gasteiger partial charge in [-0.1, -0.05) is 12.1 Å². The van der Waals surface area contributed by atoms with Crippen LogP contribution in [0.2, 0.25) is 0 Å². The highest BCUT2D eigenvalue weighted by Gasteiger charge is 2.34. The van der Waals surface area contributed by atoms with Crippen molar-refractivity contribution in [3.05, 3.63) is 72.6 Å². The predicted octanol–water partition coefficient (Wildman–Crippen LogP) is 3.06. The molecule has 2 N–H and O–H groups in total. The van der Waals surface area contributed by atoms with Crippen LogP contribution < -0.4 is 0 Å². The number of hydrogen-bond donors (Lipinski definition) is 2. The third-order valence-electron chi connectivity index (χ3n) is 5.34. The van der Waals surface area contributed by atoms with Gasteiger partial charge in [-0.05, 0) is 54.3 Å². The maximum atomic E-state index is 14.2. The molecule has 0 spiro atoms. The highest BCUT2D eigenvalue weighted by molar-refractivity contribution is 5.95. The number of benzene rings is 2. The van der Waals surface area contributed by atoms with Crippen molar-refractivity contribution in [2.45, 2.75) is 25.0 Å². The Morgan fingerprint density at radius 1 is 1.14 bits per heavy atom. The van der Waals surface area contributed by atoms with E-state index in [1.54, 1.807) is 41.8 Å². The third kappa shape index (κ3) is 4.30. The van der Waals surface area contributed by atoms with Crippen molar-refractivity contribution >= 4 is 5.91 Å². The monoisotopic (exact) mass is 395 g/mol. The lowest BCUT2D eigenvalue weighted by Crippen LogP contribution is -2.48. The number of likely N-dealkylation sites (tertiary alicyclic amines) is 1. The molecule has 0 saturated carbocycles. The van der Waals surface area contributed by atoms with Crippen LogP contribution in [0.3, 0.4) is 0 Å². The van der Waals surface area contributed by atoms with Gasteiger partial charge in [0, 0.05) is 31.0 Å². The van der Waals surface area contributed by atoms with E-state index >= 15 is 0 Å². The van der Waals surface area contributed by atoms with E-state index in [0.29, 0.717) is 43.6 Å². The second-order valence-corrected chi connectivity index (χ2v) is 7.53. The highest BCUT2D eigenvalue weighted by Crippen LogP contribution is 2.28. The summed E-state index contributed by atoms with van der Waals surface area (Å²) in [6.45, 7) is 1.21. The maximum Gasteiger partial charge on any atom is 0.253 e. The summed E-state index contributed by atoms with van der Waals surface area (Å²) in [5.74, 6) is -0.703. The molecule has 0 radical (unpaired) electrons. The quantitative estimate of drug-likeness (QED) is 0.712. The second kappa shape index (κ2) is 7.67. The summed E-state index contributed by atoms with van der Waals surface area (Å²) in [6.07, 6.45) is 5.99. The Bertz CT molecular complexity index is 1010. The number of imidazole rings is 1. The van der Waals surface area contributed by atoms with Gasteiger partial charge in [0.1, 0.15) is 11.6 Å². The zero-order chi connectivity index (χ0) is 20.4. The molecule has 2 heterocycles. The number of phenols is 1. The lowest BCUT2D eigenvalue weighted by molar-refractivity contribution is -0.0292. The minimum absolute atomic E-state index is 0.0767. The number of carbonyl (C=O) groups is 1. The molecule has 6 nitrogen and oxygen atoms in total. The van der Waals surface area contributed by atoms with Gasteiger partial charge in [-0.3, -0.25) is 4.79 Å². The molecule has 0 aliphatic carbocycles. The van der Waals surface area contributed by atoms with Crippen molar-refractivity contribution in [3.8, 4) is 16.9 Å². The van der Waals surface area contributed by atoms with Crippen LogP contribution in [0.1, 0.15) is 23.2 Å². The number of aliphatic hydroxyl groups is 1. The average molecular weight is 395 g/mol. The molecule has 3 aromatic rings. The van der Waals surface area contributed by atoms with Crippen LogP contribution in [-0.4, -0.2) is 49.3 Å². The number of phenolic OH excluding ortho intramolecular Hbond substituents is 1. The lowest BCUT2D eigenvalue weighted by Gasteiger charge is -2.38. The molecule has 1 saturated heterocycles. The molecule has 0 atom stereocenters. The lowest BCUT2D eigenvalue weighted by atomic mass is 9.90. The SMILES string of the molecule is O=C(c1cc(F)cc(-c2cccc(O)c2)c1)N1CCC(O)(Cn2ccnc2)CC1. The van der Waals surface area contributed by atoms with Gasteiger partial charge in [-0.25, -0.2) is 9.37 Å². The largest absolute Gasteiger partial charge is 0.508 e. The first-order valence-electron chi connectivity index (χ1n) is 9.49. The summed E-state index contributed by atoms with van der Waals surface area (Å²) >= 11 is 0. The number of carbonyl (C=O) groups excluding carboxylic acids is 1. The Hall–Kier alpha value is -3.19. The van der Waals surface area contributed by atoms with Gasteiger partial charge in [-0.2, -0.15) is 0 Å². The van der Waals surface area contributed by atoms with E-state index in [2.05, 4.69) is 4.98 Å². The molecule has 1 amide bonds. The van der Waals surface area contributed by atoms with Crippen LogP contribution in [0.15, 0.2) is 61.2 Å². The van der Waals surface area contributed by atoms with Gasteiger partial charge in [0.15, 0.2) is 0 Å². The molecule has 2 aromatic carbocycles. The molecule has 1 aromatic heterocycles. The number of rotatable bonds is 4. The number of halogens is 1. The van der Waals surface area contributed by atoms with E-state index in [1.165, 1.54) is 24.3 Å². The van der Waals surface area contributed by atoms with Crippen molar-refractivity contribution in [2.24, 2.45) is 0 Å². The van der Waals surface area contributed by atoms with Crippen LogP contribution in [0.25, 0.3) is 11.1 Å². The molecule has 1 aliphatic heterocycles. The van der Waals surface area contributed by atoms with E-state index in [0.717, 1.165) is 0 Å². The fraction of sp³-hybridized carbons (Fsp3) is 0.273. The van der Waals surface area contributed by atoms with Crippen LogP contribution >= 0.6 is 0 Å². The summed E-state index contributed by atoms with van der Waals surface area (Å²) in [6, 6.07) is 10.7. The minimum Gasteiger partial charge on any atom is -0.508 e. The number of piperidine rings is 1. The van der Waals surface area contributed by atoms with Crippen LogP contribution in [0.5, 0.6) is 5.75 Å². The Balaban J connectivity index is 1.49. The van der Waals surface area contributed by atoms with Gasteiger partial charge >= 0.3 is 0 Å². The average Bonchev–Trinajstić information content (AvgIpc) is 3.20. The number of amides is 1. The second-order valence-electron chi connectivity index (χ2n) is 7.53. The molecule has 1 aliphatic rings. The topological polar surface area (TPSA) is 78.6 Å². The number of aromatic hydroxyl groups is 1. The predicted molar refractivity (Wildman–Crippen MR) is 106 cm³/mol. The Kier molecular flexibility index (Phi) is 5.07. The normalized spacial score (nSPS) is 16.0. The Labute approximate surface area is 167 Å². The van der Waals surface area contributed by atoms with Crippen LogP contribution in [-0.2, 0) is 6.54 Å². The summed E-state index contributed by atoms with van der Waals surface area (Å²) in [7, 11) is 0. The van der Waals surface area contributed by atoms with Gasteiger partial charge in [0.25, 0.3) is 5.91 Å². The van der Waals surface area contributed by atoms with Gasteiger partial charge in [-0.15, -0.1) is 0 Å². The van der Waals surface area contributed by atoms with E-state index < -0.39 is 11.4 Å². The Morgan fingerprint density at radius 2 is 1.93 bits per heavy atom. The fourth-order valence-electron chi connectivity index (χ4n) is 3.75. The molecule has 0 unspecified atom stereocenters. The molecule has 4 rings (SSSR count). The summed E-state index contributed by atoms with van der Waals surface area (Å²) < 4.78 is 16.0. The van der Waals surface area contributed by atoms with Crippen molar-refractivity contribution in [3.63, 3.8) is 0 Å². The standard InChI is InChI=1S/C22H22FN3O3/c23-19-11-17(16-2-1-3-20(27)13-16)10-18(12-19)21(28)26-7-4-22(29,5-8-26)14-25-9-6-24-15-25/h1-3,6,9-13,15,27,29H,4-5,7-8,14H2. The van der Waals surface area contributed by atoms with Crippen molar-refractivity contribution < 1.29 is 19.4 Å². The van der Waals surface area contributed by atoms with E-state index in [-0.39, 0.29) is 17.2 Å². The smallest absolute Gasteiger partial charge is 0.253 e. The first-order valence-corrected chi connectivity index (χ1v) is 9.49. The van der Waals surface area contributed by atoms with E-state index in [1.807, 2.05) is 4.57 Å². The minimum atomic E-state index is -0.897. The molecule has 29 heavy (non-hydrogen) atoms. The summed E-state index contributed by atoms with van der Waals surface area (Å²) in [4.78, 5) is 18.6. The first kappa shape index (κ1) is 19.1. The van der Waals surface area contributed by atoms with Gasteiger partial charge in [0.2, 0.25) is 0 Å². The van der Waals surface area contributed by atoms with E-state index in [4.69, 9.17) is 0 Å². The van der Waals surface area contributed by atoms with Gasteiger partial charge in [0.05, 0.1) is 18.5 Å². The molecule has 1 fully saturated rings. The van der Waals surface area contributed by atoms with Crippen molar-refractivity contribution in [2.75, 3.05) is 13.1 Å². The van der Waals surface area contributed by atoms with Crippen LogP contribution in [0, 0.1) is 5.82 Å². The van der Waals surface area contributed by atoms with E-state index in [9.17, 15) is 19.4 Å². The summed E-state index contributed by atoms with van der Waals surface area (Å²) in [5, 5.41) is 20.5. The fourth-order valence-corrected chi connectivity index (χ4v) is 3.75. The first-order chi connectivity index (χ1) is 13.9. The number of hydrogen-bond acceptors (Lipinski definition) is 4. The highest BCUT2D eigenvalue weighted by atomic mass is 19.1. The van der Waals surface area contributed by atoms with Crippen molar-refractivity contribution in [1.29, 1.82) is 0 Å². The molecule has 0 bridgehead atoms. The number of aromatic nitrogens is 2. The molecular weight excluding hydrogens is 373 g/mol. The zero-order valence-electron chi connectivity index (χ0n) is 15.8. The summed E-state index contributed by atoms with van der Waals surface area (Å²) in [5.41, 5.74) is 0.514. The maximum absolute atomic E-state index is 14.2. The molecular formula is C22H22FN3O3. The number of nitrogens with zero attached hydrogens (tertiary/aromatic N) is 3. The van der Waals surface area contributed by atoms with Crippen molar-refractivity contribution in [1.82, 2.24) is 14.5 Å². The third-order valence-corrected chi connectivity index (χ3v) is 5.34. The zero-order valence-corrected chi connectivity index (χ0v) is 15.8. The molecule has 150 valence electrons. The van der Waals surface area contributed by atoms with Gasteiger partial charge < -0.3 is 19.7 Å². The van der Waals surface area contributed by atoms with Crippen LogP contribution in [0.4, 0.5) is 4.39 Å². The Morgan fingerprint density at radius 3 is 2.62 bits per heavy atom.